The van der Waals surface area contributed by atoms with Gasteiger partial charge in [-0.1, -0.05) is 19.9 Å². The molecule has 0 unspecified atom stereocenters. The predicted molar refractivity (Wildman–Crippen MR) is 140 cm³/mol. The lowest BCUT2D eigenvalue weighted by molar-refractivity contribution is -0.114. The van der Waals surface area contributed by atoms with Crippen LogP contribution in [0.3, 0.4) is 0 Å². The third-order valence-corrected chi connectivity index (χ3v) is 6.23. The number of ether oxygens (including phenoxy) is 2. The SMILES string of the molecule is CC.COc1cc(NC(=O)OC(C)C)cnc1-c1ncc(-c2ccc(NC(C)=O)cc2S(N)(=O)=O)s1. The molecule has 0 saturated heterocycles. The molecule has 11 nitrogen and oxygen atoms in total. The lowest BCUT2D eigenvalue weighted by Gasteiger charge is -2.11. The number of thiazole rings is 1. The molecule has 0 atom stereocenters. The van der Waals surface area contributed by atoms with Gasteiger partial charge >= 0.3 is 6.09 Å². The van der Waals surface area contributed by atoms with E-state index < -0.39 is 16.1 Å². The van der Waals surface area contributed by atoms with Gasteiger partial charge in [0, 0.05) is 30.4 Å². The van der Waals surface area contributed by atoms with Crippen LogP contribution < -0.4 is 20.5 Å². The van der Waals surface area contributed by atoms with Gasteiger partial charge in [0.15, 0.2) is 0 Å². The summed E-state index contributed by atoms with van der Waals surface area (Å²) in [7, 11) is -2.65. The first-order valence-corrected chi connectivity index (χ1v) is 13.3. The van der Waals surface area contributed by atoms with Crippen LogP contribution in [0.15, 0.2) is 41.6 Å². The Labute approximate surface area is 214 Å². The van der Waals surface area contributed by atoms with Crippen LogP contribution in [0.25, 0.3) is 21.1 Å². The fourth-order valence-corrected chi connectivity index (χ4v) is 4.74. The number of pyridine rings is 1. The Bertz CT molecular complexity index is 1340. The van der Waals surface area contributed by atoms with Gasteiger partial charge in [-0.05, 0) is 26.0 Å². The van der Waals surface area contributed by atoms with Crippen LogP contribution in [0.2, 0.25) is 0 Å². The maximum absolute atomic E-state index is 12.2. The molecule has 0 spiro atoms. The van der Waals surface area contributed by atoms with E-state index in [1.807, 2.05) is 13.8 Å². The highest BCUT2D eigenvalue weighted by Crippen LogP contribution is 2.38. The number of primary sulfonamides is 1. The van der Waals surface area contributed by atoms with Crippen molar-refractivity contribution in [1.29, 1.82) is 0 Å². The summed E-state index contributed by atoms with van der Waals surface area (Å²) in [6.07, 6.45) is 2.02. The normalized spacial score (nSPS) is 10.8. The number of benzene rings is 1. The van der Waals surface area contributed by atoms with E-state index in [1.165, 1.54) is 43.8 Å². The molecule has 0 aliphatic rings. The topological polar surface area (TPSA) is 163 Å². The minimum absolute atomic E-state index is 0.155. The Kier molecular flexibility index (Phi) is 9.90. The number of aromatic nitrogens is 2. The molecule has 0 aliphatic heterocycles. The van der Waals surface area contributed by atoms with Crippen LogP contribution in [0.5, 0.6) is 5.75 Å². The number of sulfonamides is 1. The minimum Gasteiger partial charge on any atom is -0.494 e. The number of amides is 2. The van der Waals surface area contributed by atoms with Gasteiger partial charge in [-0.15, -0.1) is 11.3 Å². The molecule has 36 heavy (non-hydrogen) atoms. The van der Waals surface area contributed by atoms with Crippen molar-refractivity contribution in [1.82, 2.24) is 9.97 Å². The van der Waals surface area contributed by atoms with Gasteiger partial charge in [-0.2, -0.15) is 0 Å². The molecule has 0 aliphatic carbocycles. The first-order valence-electron chi connectivity index (χ1n) is 10.9. The molecule has 3 rings (SSSR count). The zero-order valence-electron chi connectivity index (χ0n) is 20.8. The van der Waals surface area contributed by atoms with Crippen molar-refractivity contribution in [3.05, 3.63) is 36.7 Å². The zero-order chi connectivity index (χ0) is 27.0. The minimum atomic E-state index is -4.10. The predicted octanol–water partition coefficient (Wildman–Crippen LogP) is 4.47. The molecular formula is C23H29N5O6S2. The summed E-state index contributed by atoms with van der Waals surface area (Å²) in [6, 6.07) is 5.98. The molecule has 2 amide bonds. The van der Waals surface area contributed by atoms with Gasteiger partial charge in [0.1, 0.15) is 16.5 Å². The number of carbonyl (C=O) groups excluding carboxylic acids is 2. The molecule has 0 radical (unpaired) electrons. The van der Waals surface area contributed by atoms with E-state index >= 15 is 0 Å². The van der Waals surface area contributed by atoms with E-state index in [-0.39, 0.29) is 16.9 Å². The van der Waals surface area contributed by atoms with Crippen molar-refractivity contribution in [3.8, 4) is 26.9 Å². The molecule has 0 bridgehead atoms. The number of nitrogens with one attached hydrogen (secondary N) is 2. The highest BCUT2D eigenvalue weighted by molar-refractivity contribution is 7.89. The standard InChI is InChI=1S/C21H23N5O6S2.C2H6/c1-11(2)32-21(28)26-14-7-16(31-4)19(23-9-14)20-24-10-17(33-20)15-6-5-13(25-12(3)27)8-18(15)34(22,29)30;1-2/h5-11H,1-4H3,(H,25,27)(H,26,28)(H2,22,29,30);1-2H3. The second-order valence-electron chi connectivity index (χ2n) is 7.32. The van der Waals surface area contributed by atoms with Crippen LogP contribution in [0, 0.1) is 0 Å². The lowest BCUT2D eigenvalue weighted by Crippen LogP contribution is -2.18. The van der Waals surface area contributed by atoms with Crippen LogP contribution >= 0.6 is 11.3 Å². The summed E-state index contributed by atoms with van der Waals surface area (Å²) in [5.74, 6) is -0.00214. The van der Waals surface area contributed by atoms with Gasteiger partial charge in [0.25, 0.3) is 0 Å². The van der Waals surface area contributed by atoms with Gasteiger partial charge in [0.05, 0.1) is 34.9 Å². The average Bonchev–Trinajstić information content (AvgIpc) is 3.28. The second-order valence-corrected chi connectivity index (χ2v) is 9.88. The Morgan fingerprint density at radius 1 is 1.06 bits per heavy atom. The largest absolute Gasteiger partial charge is 0.494 e. The summed E-state index contributed by atoms with van der Waals surface area (Å²) in [5, 5.41) is 11.0. The number of rotatable bonds is 7. The third-order valence-electron chi connectivity index (χ3n) is 4.24. The van der Waals surface area contributed by atoms with Gasteiger partial charge in [-0.3, -0.25) is 10.1 Å². The Morgan fingerprint density at radius 2 is 1.75 bits per heavy atom. The van der Waals surface area contributed by atoms with Crippen molar-refractivity contribution in [2.45, 2.75) is 45.6 Å². The van der Waals surface area contributed by atoms with Gasteiger partial charge < -0.3 is 14.8 Å². The average molecular weight is 536 g/mol. The summed E-state index contributed by atoms with van der Waals surface area (Å²) in [4.78, 5) is 32.2. The Morgan fingerprint density at radius 3 is 2.33 bits per heavy atom. The zero-order valence-corrected chi connectivity index (χ0v) is 22.4. The first kappa shape index (κ1) is 28.7. The van der Waals surface area contributed by atoms with Crippen molar-refractivity contribution < 1.29 is 27.5 Å². The van der Waals surface area contributed by atoms with Crippen LogP contribution in [-0.2, 0) is 19.6 Å². The van der Waals surface area contributed by atoms with E-state index in [1.54, 1.807) is 32.0 Å². The highest BCUT2D eigenvalue weighted by atomic mass is 32.2. The first-order chi connectivity index (χ1) is 17.0. The molecule has 3 aromatic rings. The number of methoxy groups -OCH3 is 1. The van der Waals surface area contributed by atoms with E-state index in [2.05, 4.69) is 20.6 Å². The molecule has 13 heteroatoms. The van der Waals surface area contributed by atoms with Crippen LogP contribution in [0.4, 0.5) is 16.2 Å². The Balaban J connectivity index is 0.00000222. The molecule has 4 N–H and O–H groups in total. The quantitative estimate of drug-likeness (QED) is 0.399. The number of anilines is 2. The molecule has 0 fully saturated rings. The maximum atomic E-state index is 12.2. The smallest absolute Gasteiger partial charge is 0.411 e. The molecule has 1 aromatic carbocycles. The number of nitrogens with two attached hydrogens (primary N) is 1. The van der Waals surface area contributed by atoms with Gasteiger partial charge in [-0.25, -0.2) is 28.3 Å². The number of hydrogen-bond acceptors (Lipinski definition) is 9. The van der Waals surface area contributed by atoms with Crippen molar-refractivity contribution in [2.75, 3.05) is 17.7 Å². The maximum Gasteiger partial charge on any atom is 0.411 e. The monoisotopic (exact) mass is 535 g/mol. The van der Waals surface area contributed by atoms with Crippen molar-refractivity contribution >= 4 is 44.7 Å². The van der Waals surface area contributed by atoms with E-state index in [4.69, 9.17) is 14.6 Å². The third kappa shape index (κ3) is 7.47. The van der Waals surface area contributed by atoms with Crippen LogP contribution in [0.1, 0.15) is 34.6 Å². The molecule has 194 valence electrons. The fourth-order valence-electron chi connectivity index (χ4n) is 2.94. The lowest BCUT2D eigenvalue weighted by atomic mass is 10.2. The number of carbonyl (C=O) groups is 2. The van der Waals surface area contributed by atoms with Gasteiger partial charge in [0.2, 0.25) is 15.9 Å². The second kappa shape index (κ2) is 12.4. The summed E-state index contributed by atoms with van der Waals surface area (Å²) in [6.45, 7) is 8.78. The summed E-state index contributed by atoms with van der Waals surface area (Å²) >= 11 is 1.17. The summed E-state index contributed by atoms with van der Waals surface area (Å²) in [5.41, 5.74) is 1.39. The highest BCUT2D eigenvalue weighted by Gasteiger charge is 2.20. The number of nitrogens with zero attached hydrogens (tertiary/aromatic N) is 2. The van der Waals surface area contributed by atoms with Crippen molar-refractivity contribution in [2.24, 2.45) is 5.14 Å². The van der Waals surface area contributed by atoms with Crippen LogP contribution in [-0.4, -0.2) is 43.6 Å². The van der Waals surface area contributed by atoms with Crippen molar-refractivity contribution in [3.63, 3.8) is 0 Å². The molecular weight excluding hydrogens is 506 g/mol. The molecule has 2 heterocycles. The Hall–Kier alpha value is -3.55. The van der Waals surface area contributed by atoms with E-state index in [0.29, 0.717) is 38.3 Å². The van der Waals surface area contributed by atoms with E-state index in [0.717, 1.165) is 0 Å². The number of hydrogen-bond donors (Lipinski definition) is 3. The fraction of sp³-hybridized carbons (Fsp3) is 0.304. The molecule has 2 aromatic heterocycles. The molecule has 0 saturated carbocycles. The van der Waals surface area contributed by atoms with E-state index in [9.17, 15) is 18.0 Å². The summed E-state index contributed by atoms with van der Waals surface area (Å²) < 4.78 is 34.9.